The molecule has 0 fully saturated rings. The van der Waals surface area contributed by atoms with Gasteiger partial charge >= 0.3 is 5.97 Å². The lowest BCUT2D eigenvalue weighted by Crippen LogP contribution is -2.16. The van der Waals surface area contributed by atoms with E-state index < -0.39 is 35.0 Å². The maximum atomic E-state index is 14.4. The first-order valence-corrected chi connectivity index (χ1v) is 7.21. The zero-order valence-corrected chi connectivity index (χ0v) is 13.2. The Kier molecular flexibility index (Phi) is 5.94. The van der Waals surface area contributed by atoms with Crippen molar-refractivity contribution in [3.63, 3.8) is 0 Å². The normalized spacial score (nSPS) is 10.7. The van der Waals surface area contributed by atoms with Crippen molar-refractivity contribution in [1.82, 2.24) is 0 Å². The number of esters is 1. The van der Waals surface area contributed by atoms with E-state index in [1.807, 2.05) is 5.32 Å². The molecule has 1 N–H and O–H groups in total. The molecule has 0 aliphatic rings. The molecular weight excluding hydrogens is 335 g/mol. The second-order valence-electron chi connectivity index (χ2n) is 4.97. The molecule has 1 amide bonds. The number of anilines is 1. The molecule has 0 unspecified atom stereocenters. The van der Waals surface area contributed by atoms with E-state index >= 15 is 0 Å². The van der Waals surface area contributed by atoms with Crippen LogP contribution in [-0.4, -0.2) is 19.0 Å². The second-order valence-corrected chi connectivity index (χ2v) is 4.97. The van der Waals surface area contributed by atoms with Crippen LogP contribution < -0.4 is 5.32 Å². The third-order valence-corrected chi connectivity index (χ3v) is 3.30. The third kappa shape index (κ3) is 4.47. The molecule has 0 bridgehead atoms. The molecule has 2 rings (SSSR count). The quantitative estimate of drug-likeness (QED) is 0.509. The van der Waals surface area contributed by atoms with Crippen LogP contribution in [0.25, 0.3) is 0 Å². The Balaban J connectivity index is 2.30. The molecule has 2 aromatic rings. The number of carbonyl (C=O) groups is 2. The van der Waals surface area contributed by atoms with E-state index in [9.17, 15) is 22.8 Å². The first kappa shape index (κ1) is 18.3. The molecule has 0 radical (unpaired) electrons. The van der Waals surface area contributed by atoms with Crippen molar-refractivity contribution in [1.29, 1.82) is 0 Å². The predicted molar refractivity (Wildman–Crippen MR) is 85.6 cm³/mol. The summed E-state index contributed by atoms with van der Waals surface area (Å²) in [5.74, 6) is -5.37. The number of amides is 1. The molecule has 0 atom stereocenters. The average Bonchev–Trinajstić information content (AvgIpc) is 2.63. The molecule has 0 heterocycles. The summed E-state index contributed by atoms with van der Waals surface area (Å²) in [6.45, 7) is 0. The molecule has 0 aliphatic carbocycles. The van der Waals surface area contributed by atoms with E-state index in [1.54, 1.807) is 18.2 Å². The van der Waals surface area contributed by atoms with E-state index in [0.717, 1.165) is 6.08 Å². The number of hydrogen-bond acceptors (Lipinski definition) is 3. The molecule has 130 valence electrons. The Morgan fingerprint density at radius 2 is 1.80 bits per heavy atom. The molecule has 7 heteroatoms. The first-order chi connectivity index (χ1) is 11.9. The SMILES string of the molecule is COC(=O)/C=C\Cc1cc(F)c(F)c(NC(=O)c2ccccc2)c1F. The number of methoxy groups -OCH3 is 1. The summed E-state index contributed by atoms with van der Waals surface area (Å²) >= 11 is 0. The minimum atomic E-state index is -1.50. The number of carbonyl (C=O) groups excluding carboxylic acids is 2. The van der Waals surface area contributed by atoms with Gasteiger partial charge in [-0.3, -0.25) is 4.79 Å². The van der Waals surface area contributed by atoms with Gasteiger partial charge in [-0.25, -0.2) is 18.0 Å². The van der Waals surface area contributed by atoms with Crippen LogP contribution in [0.15, 0.2) is 48.6 Å². The van der Waals surface area contributed by atoms with E-state index in [1.165, 1.54) is 25.3 Å². The molecule has 0 aromatic heterocycles. The van der Waals surface area contributed by atoms with Gasteiger partial charge < -0.3 is 10.1 Å². The number of ether oxygens (including phenoxy) is 1. The number of benzene rings is 2. The van der Waals surface area contributed by atoms with Gasteiger partial charge in [0.15, 0.2) is 17.5 Å². The highest BCUT2D eigenvalue weighted by molar-refractivity contribution is 6.04. The van der Waals surface area contributed by atoms with Crippen LogP contribution in [0.5, 0.6) is 0 Å². The van der Waals surface area contributed by atoms with Crippen molar-refractivity contribution in [2.24, 2.45) is 0 Å². The van der Waals surface area contributed by atoms with Crippen molar-refractivity contribution in [2.45, 2.75) is 6.42 Å². The van der Waals surface area contributed by atoms with Crippen molar-refractivity contribution in [2.75, 3.05) is 12.4 Å². The predicted octanol–water partition coefficient (Wildman–Crippen LogP) is 3.63. The molecular formula is C18H14F3NO3. The van der Waals surface area contributed by atoms with Crippen LogP contribution in [0.4, 0.5) is 18.9 Å². The van der Waals surface area contributed by atoms with Crippen LogP contribution in [-0.2, 0) is 16.0 Å². The standard InChI is InChI=1S/C18H14F3NO3/c1-25-14(23)9-5-8-12-10-13(19)16(21)17(15(12)20)22-18(24)11-6-3-2-4-7-11/h2-7,9-10H,8H2,1H3,(H,22,24)/b9-5-. The lowest BCUT2D eigenvalue weighted by molar-refractivity contribution is -0.134. The van der Waals surface area contributed by atoms with Crippen molar-refractivity contribution in [3.8, 4) is 0 Å². The van der Waals surface area contributed by atoms with Gasteiger partial charge in [-0.2, -0.15) is 0 Å². The molecule has 25 heavy (non-hydrogen) atoms. The molecule has 4 nitrogen and oxygen atoms in total. The lowest BCUT2D eigenvalue weighted by Gasteiger charge is -2.11. The monoisotopic (exact) mass is 349 g/mol. The number of halogens is 3. The minimum absolute atomic E-state index is 0.165. The molecule has 0 spiro atoms. The lowest BCUT2D eigenvalue weighted by atomic mass is 10.1. The number of allylic oxidation sites excluding steroid dienone is 1. The van der Waals surface area contributed by atoms with E-state index in [4.69, 9.17) is 0 Å². The Hall–Kier alpha value is -3.09. The molecule has 0 saturated heterocycles. The van der Waals surface area contributed by atoms with Gasteiger partial charge in [-0.1, -0.05) is 24.3 Å². The van der Waals surface area contributed by atoms with Gasteiger partial charge in [0, 0.05) is 11.6 Å². The number of hydrogen-bond donors (Lipinski definition) is 1. The Morgan fingerprint density at radius 3 is 2.44 bits per heavy atom. The number of rotatable bonds is 5. The van der Waals surface area contributed by atoms with Gasteiger partial charge in [-0.15, -0.1) is 0 Å². The zero-order valence-electron chi connectivity index (χ0n) is 13.2. The molecule has 0 saturated carbocycles. The summed E-state index contributed by atoms with van der Waals surface area (Å²) in [5, 5.41) is 2.04. The summed E-state index contributed by atoms with van der Waals surface area (Å²) in [7, 11) is 1.17. The number of nitrogens with one attached hydrogen (secondary N) is 1. The summed E-state index contributed by atoms with van der Waals surface area (Å²) in [4.78, 5) is 23.0. The fourth-order valence-corrected chi connectivity index (χ4v) is 2.04. The largest absolute Gasteiger partial charge is 0.466 e. The van der Waals surface area contributed by atoms with Crippen molar-refractivity contribution < 1.29 is 27.5 Å². The van der Waals surface area contributed by atoms with Crippen molar-refractivity contribution >= 4 is 17.6 Å². The minimum Gasteiger partial charge on any atom is -0.466 e. The van der Waals surface area contributed by atoms with Crippen LogP contribution in [0.1, 0.15) is 15.9 Å². The van der Waals surface area contributed by atoms with Gasteiger partial charge in [0.25, 0.3) is 5.91 Å². The Morgan fingerprint density at radius 1 is 1.12 bits per heavy atom. The van der Waals surface area contributed by atoms with Gasteiger partial charge in [0.2, 0.25) is 0 Å². The highest BCUT2D eigenvalue weighted by atomic mass is 19.2. The highest BCUT2D eigenvalue weighted by Gasteiger charge is 2.20. The summed E-state index contributed by atoms with van der Waals surface area (Å²) in [6.07, 6.45) is 2.08. The fraction of sp³-hybridized carbons (Fsp3) is 0.111. The van der Waals surface area contributed by atoms with E-state index in [0.29, 0.717) is 6.07 Å². The maximum absolute atomic E-state index is 14.4. The summed E-state index contributed by atoms with van der Waals surface area (Å²) in [5.41, 5.74) is -0.935. The third-order valence-electron chi connectivity index (χ3n) is 3.30. The Bertz CT molecular complexity index is 820. The average molecular weight is 349 g/mol. The molecule has 2 aromatic carbocycles. The van der Waals surface area contributed by atoms with Crippen LogP contribution >= 0.6 is 0 Å². The molecule has 0 aliphatic heterocycles. The van der Waals surface area contributed by atoms with Crippen LogP contribution in [0, 0.1) is 17.5 Å². The maximum Gasteiger partial charge on any atom is 0.330 e. The topological polar surface area (TPSA) is 55.4 Å². The summed E-state index contributed by atoms with van der Waals surface area (Å²) in [6, 6.07) is 8.40. The van der Waals surface area contributed by atoms with Crippen molar-refractivity contribution in [3.05, 3.63) is 77.1 Å². The fourth-order valence-electron chi connectivity index (χ4n) is 2.04. The van der Waals surface area contributed by atoms with Crippen LogP contribution in [0.3, 0.4) is 0 Å². The smallest absolute Gasteiger partial charge is 0.330 e. The van der Waals surface area contributed by atoms with Gasteiger partial charge in [-0.05, 0) is 30.2 Å². The summed E-state index contributed by atoms with van der Waals surface area (Å²) < 4.78 is 46.4. The first-order valence-electron chi connectivity index (χ1n) is 7.21. The van der Waals surface area contributed by atoms with Gasteiger partial charge in [0.05, 0.1) is 7.11 Å². The Labute approximate surface area is 141 Å². The zero-order chi connectivity index (χ0) is 18.4. The second kappa shape index (κ2) is 8.14. The van der Waals surface area contributed by atoms with E-state index in [-0.39, 0.29) is 17.5 Å². The van der Waals surface area contributed by atoms with E-state index in [2.05, 4.69) is 4.74 Å². The van der Waals surface area contributed by atoms with Crippen LogP contribution in [0.2, 0.25) is 0 Å². The van der Waals surface area contributed by atoms with Gasteiger partial charge in [0.1, 0.15) is 5.69 Å². The highest BCUT2D eigenvalue weighted by Crippen LogP contribution is 2.26.